The number of urea groups is 1. The van der Waals surface area contributed by atoms with Gasteiger partial charge in [-0.05, 0) is 36.8 Å². The molecule has 2 heterocycles. The zero-order chi connectivity index (χ0) is 23.5. The van der Waals surface area contributed by atoms with Crippen molar-refractivity contribution in [3.05, 3.63) is 83.4 Å². The van der Waals surface area contributed by atoms with Crippen LogP contribution in [0.25, 0.3) is 0 Å². The summed E-state index contributed by atoms with van der Waals surface area (Å²) in [6, 6.07) is 21.7. The number of ether oxygens (including phenoxy) is 2. The molecule has 0 atom stereocenters. The Morgan fingerprint density at radius 2 is 1.82 bits per heavy atom. The van der Waals surface area contributed by atoms with E-state index in [0.717, 1.165) is 22.6 Å². The monoisotopic (exact) mass is 456 g/mol. The van der Waals surface area contributed by atoms with Crippen molar-refractivity contribution in [3.8, 4) is 17.2 Å². The second kappa shape index (κ2) is 9.47. The van der Waals surface area contributed by atoms with Gasteiger partial charge in [0.05, 0.1) is 12.7 Å². The Morgan fingerprint density at radius 1 is 1.03 bits per heavy atom. The number of rotatable bonds is 3. The zero-order valence-corrected chi connectivity index (χ0v) is 19.5. The molecule has 0 aliphatic carbocycles. The molecule has 0 spiro atoms. The van der Waals surface area contributed by atoms with Gasteiger partial charge in [0.25, 0.3) is 0 Å². The molecule has 0 unspecified atom stereocenters. The number of aliphatic imine (C=N–C) groups is 1. The van der Waals surface area contributed by atoms with Crippen LogP contribution in [0.1, 0.15) is 16.7 Å². The molecule has 7 nitrogen and oxygen atoms in total. The molecule has 174 valence electrons. The molecule has 34 heavy (non-hydrogen) atoms. The fourth-order valence-corrected chi connectivity index (χ4v) is 4.35. The third-order valence-corrected chi connectivity index (χ3v) is 6.14. The van der Waals surface area contributed by atoms with Crippen molar-refractivity contribution in [1.29, 1.82) is 0 Å². The molecule has 1 fully saturated rings. The third kappa shape index (κ3) is 4.41. The summed E-state index contributed by atoms with van der Waals surface area (Å²) in [6.45, 7) is 5.15. The summed E-state index contributed by atoms with van der Waals surface area (Å²) in [7, 11) is 1.64. The molecule has 2 aliphatic heterocycles. The van der Waals surface area contributed by atoms with E-state index in [4.69, 9.17) is 14.5 Å². The molecule has 0 saturated carbocycles. The highest BCUT2D eigenvalue weighted by Crippen LogP contribution is 2.42. The van der Waals surface area contributed by atoms with Crippen LogP contribution in [0.2, 0.25) is 0 Å². The number of fused-ring (bicyclic) bond motifs is 2. The van der Waals surface area contributed by atoms with Gasteiger partial charge in [0, 0.05) is 32.7 Å². The number of carbonyl (C=O) groups is 1. The van der Waals surface area contributed by atoms with E-state index in [9.17, 15) is 4.79 Å². The number of piperazine rings is 1. The summed E-state index contributed by atoms with van der Waals surface area (Å²) < 4.78 is 11.8. The van der Waals surface area contributed by atoms with Crippen molar-refractivity contribution in [3.63, 3.8) is 0 Å². The Morgan fingerprint density at radius 3 is 2.62 bits per heavy atom. The molecular formula is C27H28N4O3. The quantitative estimate of drug-likeness (QED) is 0.620. The van der Waals surface area contributed by atoms with Crippen LogP contribution in [0.15, 0.2) is 71.7 Å². The Labute approximate surface area is 199 Å². The van der Waals surface area contributed by atoms with E-state index in [1.807, 2.05) is 59.5 Å². The molecule has 2 aliphatic rings. The highest BCUT2D eigenvalue weighted by molar-refractivity contribution is 6.04. The summed E-state index contributed by atoms with van der Waals surface area (Å²) >= 11 is 0. The number of para-hydroxylation sites is 3. The number of carbonyl (C=O) groups excluding carboxylic acids is 1. The first-order valence-electron chi connectivity index (χ1n) is 11.5. The van der Waals surface area contributed by atoms with E-state index < -0.39 is 0 Å². The maximum Gasteiger partial charge on any atom is 0.317 e. The number of nitrogens with zero attached hydrogens (tertiary/aromatic N) is 3. The Balaban J connectivity index is 1.32. The van der Waals surface area contributed by atoms with Crippen LogP contribution < -0.4 is 14.8 Å². The van der Waals surface area contributed by atoms with Crippen molar-refractivity contribution in [1.82, 2.24) is 15.1 Å². The van der Waals surface area contributed by atoms with Crippen molar-refractivity contribution in [2.75, 3.05) is 33.3 Å². The van der Waals surface area contributed by atoms with Crippen LogP contribution >= 0.6 is 0 Å². The molecule has 3 aromatic carbocycles. The average molecular weight is 457 g/mol. The predicted molar refractivity (Wildman–Crippen MR) is 132 cm³/mol. The largest absolute Gasteiger partial charge is 0.493 e. The highest BCUT2D eigenvalue weighted by atomic mass is 16.5. The lowest BCUT2D eigenvalue weighted by Crippen LogP contribution is -2.53. The van der Waals surface area contributed by atoms with Gasteiger partial charge in [0.15, 0.2) is 17.2 Å². The van der Waals surface area contributed by atoms with Gasteiger partial charge in [-0.1, -0.05) is 48.0 Å². The van der Waals surface area contributed by atoms with E-state index in [1.54, 1.807) is 7.11 Å². The molecule has 5 rings (SSSR count). The average Bonchev–Trinajstić information content (AvgIpc) is 3.04. The summed E-state index contributed by atoms with van der Waals surface area (Å²) in [5.74, 6) is 2.85. The number of methoxy groups -OCH3 is 1. The summed E-state index contributed by atoms with van der Waals surface area (Å²) in [4.78, 5) is 21.8. The SMILES string of the molecule is COc1cccc2c1Oc1ccccc1N=C2N1CCN(C(=O)NCc2cccc(C)c2)CC1. The standard InChI is InChI=1S/C27H28N4O3/c1-19-7-5-8-20(17-19)18-28-27(32)31-15-13-30(14-16-31)26-21-9-6-12-24(33-2)25(21)34-23-11-4-3-10-22(23)29-26/h3-12,17H,13-16,18H2,1-2H3,(H,28,32). The first-order chi connectivity index (χ1) is 16.6. The van der Waals surface area contributed by atoms with E-state index in [-0.39, 0.29) is 6.03 Å². The topological polar surface area (TPSA) is 66.4 Å². The highest BCUT2D eigenvalue weighted by Gasteiger charge is 2.28. The normalized spacial score (nSPS) is 14.8. The van der Waals surface area contributed by atoms with Crippen LogP contribution in [0, 0.1) is 6.92 Å². The number of nitrogens with one attached hydrogen (secondary N) is 1. The van der Waals surface area contributed by atoms with Crippen LogP contribution in [-0.4, -0.2) is 55.0 Å². The molecule has 3 aromatic rings. The van der Waals surface area contributed by atoms with Crippen LogP contribution in [0.5, 0.6) is 17.2 Å². The maximum atomic E-state index is 12.8. The molecule has 0 radical (unpaired) electrons. The molecule has 0 bridgehead atoms. The third-order valence-electron chi connectivity index (χ3n) is 6.14. The molecular weight excluding hydrogens is 428 g/mol. The van der Waals surface area contributed by atoms with Gasteiger partial charge < -0.3 is 24.6 Å². The lowest BCUT2D eigenvalue weighted by Gasteiger charge is -2.36. The van der Waals surface area contributed by atoms with Gasteiger partial charge in [0.2, 0.25) is 0 Å². The minimum atomic E-state index is -0.0419. The van der Waals surface area contributed by atoms with Crippen molar-refractivity contribution in [2.45, 2.75) is 13.5 Å². The lowest BCUT2D eigenvalue weighted by atomic mass is 10.1. The van der Waals surface area contributed by atoms with Crippen LogP contribution in [0.3, 0.4) is 0 Å². The Hall–Kier alpha value is -4.00. The summed E-state index contributed by atoms with van der Waals surface area (Å²) in [6.07, 6.45) is 0. The fourth-order valence-electron chi connectivity index (χ4n) is 4.35. The second-order valence-corrected chi connectivity index (χ2v) is 8.46. The van der Waals surface area contributed by atoms with Gasteiger partial charge >= 0.3 is 6.03 Å². The Kier molecular flexibility index (Phi) is 6.08. The summed E-state index contributed by atoms with van der Waals surface area (Å²) in [5.41, 5.74) is 3.94. The predicted octanol–water partition coefficient (Wildman–Crippen LogP) is 4.72. The van der Waals surface area contributed by atoms with Gasteiger partial charge in [-0.2, -0.15) is 0 Å². The van der Waals surface area contributed by atoms with E-state index >= 15 is 0 Å². The number of aryl methyl sites for hydroxylation is 1. The zero-order valence-electron chi connectivity index (χ0n) is 19.5. The van der Waals surface area contributed by atoms with Crippen molar-refractivity contribution in [2.24, 2.45) is 4.99 Å². The first-order valence-corrected chi connectivity index (χ1v) is 11.5. The number of benzene rings is 3. The van der Waals surface area contributed by atoms with Crippen LogP contribution in [0.4, 0.5) is 10.5 Å². The minimum Gasteiger partial charge on any atom is -0.493 e. The van der Waals surface area contributed by atoms with Crippen molar-refractivity contribution >= 4 is 17.6 Å². The van der Waals surface area contributed by atoms with E-state index in [2.05, 4.69) is 29.3 Å². The van der Waals surface area contributed by atoms with Gasteiger partial charge in [-0.3, -0.25) is 0 Å². The number of hydrogen-bond donors (Lipinski definition) is 1. The van der Waals surface area contributed by atoms with E-state index in [1.165, 1.54) is 5.56 Å². The number of amides is 2. The van der Waals surface area contributed by atoms with Gasteiger partial charge in [0.1, 0.15) is 11.5 Å². The van der Waals surface area contributed by atoms with Crippen LogP contribution in [-0.2, 0) is 6.54 Å². The lowest BCUT2D eigenvalue weighted by molar-refractivity contribution is 0.169. The van der Waals surface area contributed by atoms with Crippen molar-refractivity contribution < 1.29 is 14.3 Å². The minimum absolute atomic E-state index is 0.0419. The molecule has 1 saturated heterocycles. The number of amidine groups is 1. The van der Waals surface area contributed by atoms with E-state index in [0.29, 0.717) is 50.0 Å². The maximum absolute atomic E-state index is 12.8. The first kappa shape index (κ1) is 21.8. The van der Waals surface area contributed by atoms with Gasteiger partial charge in [-0.25, -0.2) is 9.79 Å². The number of hydrogen-bond acceptors (Lipinski definition) is 5. The molecule has 0 aromatic heterocycles. The van der Waals surface area contributed by atoms with Gasteiger partial charge in [-0.15, -0.1) is 0 Å². The molecule has 1 N–H and O–H groups in total. The molecule has 2 amide bonds. The fraction of sp³-hybridized carbons (Fsp3) is 0.259. The molecule has 7 heteroatoms. The smallest absolute Gasteiger partial charge is 0.317 e. The second-order valence-electron chi connectivity index (χ2n) is 8.46. The summed E-state index contributed by atoms with van der Waals surface area (Å²) in [5, 5.41) is 3.05. The Bertz CT molecular complexity index is 1230.